The van der Waals surface area contributed by atoms with E-state index < -0.39 is 0 Å². The number of nitrogens with zero attached hydrogens (tertiary/aromatic N) is 3. The fraction of sp³-hybridized carbons (Fsp3) is 0.190. The first-order valence-corrected chi connectivity index (χ1v) is 9.41. The molecular weight excluding hydrogens is 361 g/mol. The van der Waals surface area contributed by atoms with Crippen LogP contribution in [0.2, 0.25) is 0 Å². The molecule has 0 aliphatic heterocycles. The van der Waals surface area contributed by atoms with Crippen molar-refractivity contribution in [3.05, 3.63) is 80.4 Å². The Morgan fingerprint density at radius 2 is 1.78 bits per heavy atom. The molecule has 0 unspecified atom stereocenters. The van der Waals surface area contributed by atoms with Crippen LogP contribution < -0.4 is 10.1 Å². The van der Waals surface area contributed by atoms with Crippen molar-refractivity contribution in [2.24, 2.45) is 0 Å². The monoisotopic (exact) mass is 379 g/mol. The first-order chi connectivity index (χ1) is 12.8. The molecule has 27 heavy (non-hydrogen) atoms. The van der Waals surface area contributed by atoms with Gasteiger partial charge in [-0.15, -0.1) is 5.10 Å². The van der Waals surface area contributed by atoms with Crippen molar-refractivity contribution in [3.63, 3.8) is 0 Å². The molecule has 4 aromatic rings. The van der Waals surface area contributed by atoms with Gasteiger partial charge in [0.05, 0.1) is 4.53 Å². The molecular formula is C21H18FN3OS. The largest absolute Gasteiger partial charge is 0.291 e. The van der Waals surface area contributed by atoms with Crippen LogP contribution in [0.25, 0.3) is 22.4 Å². The zero-order valence-corrected chi connectivity index (χ0v) is 16.0. The summed E-state index contributed by atoms with van der Waals surface area (Å²) in [6.45, 7) is 6.47. The highest BCUT2D eigenvalue weighted by molar-refractivity contribution is 7.15. The Labute approximate surface area is 159 Å². The number of rotatable bonds is 2. The van der Waals surface area contributed by atoms with E-state index in [0.717, 1.165) is 5.56 Å². The summed E-state index contributed by atoms with van der Waals surface area (Å²) in [5.74, 6) is 0.145. The van der Waals surface area contributed by atoms with Crippen molar-refractivity contribution in [2.45, 2.75) is 26.2 Å². The molecule has 4 nitrogen and oxygen atoms in total. The molecule has 0 amide bonds. The summed E-state index contributed by atoms with van der Waals surface area (Å²) in [5, 5.41) is 4.35. The molecule has 0 saturated carbocycles. The van der Waals surface area contributed by atoms with E-state index in [9.17, 15) is 9.18 Å². The molecule has 0 saturated heterocycles. The normalized spacial score (nSPS) is 12.8. The summed E-state index contributed by atoms with van der Waals surface area (Å²) in [5.41, 5.74) is 2.23. The Morgan fingerprint density at radius 1 is 1.07 bits per heavy atom. The Bertz CT molecular complexity index is 1230. The average molecular weight is 379 g/mol. The Kier molecular flexibility index (Phi) is 4.15. The fourth-order valence-electron chi connectivity index (χ4n) is 2.81. The minimum absolute atomic E-state index is 0.0696. The van der Waals surface area contributed by atoms with Crippen molar-refractivity contribution in [2.75, 3.05) is 0 Å². The minimum Gasteiger partial charge on any atom is -0.266 e. The molecule has 0 aliphatic rings. The molecule has 0 bridgehead atoms. The predicted octanol–water partition coefficient (Wildman–Crippen LogP) is 3.80. The standard InChI is InChI=1S/C21H18FN3OS/c1-21(2,3)15-10-8-13(9-11-15)18-23-20-25(24-18)19(26)17(27-20)12-14-6-4-5-7-16(14)22/h4-12H,1-3H3/b17-12-. The molecule has 0 aliphatic carbocycles. The van der Waals surface area contributed by atoms with E-state index in [0.29, 0.717) is 20.9 Å². The zero-order chi connectivity index (χ0) is 19.2. The van der Waals surface area contributed by atoms with Crippen LogP contribution in [0.4, 0.5) is 4.39 Å². The third-order valence-corrected chi connectivity index (χ3v) is 5.34. The third kappa shape index (κ3) is 3.28. The van der Waals surface area contributed by atoms with Gasteiger partial charge in [0.1, 0.15) is 5.82 Å². The fourth-order valence-corrected chi connectivity index (χ4v) is 3.71. The quantitative estimate of drug-likeness (QED) is 0.532. The second-order valence-corrected chi connectivity index (χ2v) is 8.40. The molecule has 0 radical (unpaired) electrons. The van der Waals surface area contributed by atoms with Crippen molar-refractivity contribution >= 4 is 22.4 Å². The van der Waals surface area contributed by atoms with E-state index in [1.807, 2.05) is 12.1 Å². The molecule has 0 spiro atoms. The van der Waals surface area contributed by atoms with Gasteiger partial charge in [-0.25, -0.2) is 4.39 Å². The highest BCUT2D eigenvalue weighted by Crippen LogP contribution is 2.25. The lowest BCUT2D eigenvalue weighted by molar-refractivity contribution is 0.590. The average Bonchev–Trinajstić information content (AvgIpc) is 3.16. The van der Waals surface area contributed by atoms with Crippen LogP contribution in [0.3, 0.4) is 0 Å². The zero-order valence-electron chi connectivity index (χ0n) is 15.2. The predicted molar refractivity (Wildman–Crippen MR) is 106 cm³/mol. The SMILES string of the molecule is CC(C)(C)c1ccc(-c2nc3s/c(=C\c4ccccc4F)c(=O)n3n2)cc1. The van der Waals surface area contributed by atoms with Crippen LogP contribution in [0.5, 0.6) is 0 Å². The molecule has 0 N–H and O–H groups in total. The number of aromatic nitrogens is 3. The maximum absolute atomic E-state index is 13.8. The number of fused-ring (bicyclic) bond motifs is 1. The summed E-state index contributed by atoms with van der Waals surface area (Å²) >= 11 is 1.20. The lowest BCUT2D eigenvalue weighted by Gasteiger charge is -2.18. The third-order valence-electron chi connectivity index (χ3n) is 4.38. The van der Waals surface area contributed by atoms with E-state index in [4.69, 9.17) is 0 Å². The van der Waals surface area contributed by atoms with Crippen LogP contribution in [0.15, 0.2) is 53.3 Å². The van der Waals surface area contributed by atoms with Crippen molar-refractivity contribution in [3.8, 4) is 11.4 Å². The van der Waals surface area contributed by atoms with Crippen molar-refractivity contribution in [1.82, 2.24) is 14.6 Å². The highest BCUT2D eigenvalue weighted by Gasteiger charge is 2.15. The summed E-state index contributed by atoms with van der Waals surface area (Å²) < 4.78 is 15.5. The van der Waals surface area contributed by atoms with E-state index in [1.54, 1.807) is 18.2 Å². The maximum Gasteiger partial charge on any atom is 0.291 e. The van der Waals surface area contributed by atoms with Gasteiger partial charge in [-0.1, -0.05) is 74.6 Å². The van der Waals surface area contributed by atoms with Gasteiger partial charge in [0.25, 0.3) is 5.56 Å². The summed E-state index contributed by atoms with van der Waals surface area (Å²) in [4.78, 5) is 17.6. The van der Waals surface area contributed by atoms with Gasteiger partial charge in [0, 0.05) is 11.1 Å². The molecule has 2 aromatic carbocycles. The number of halogens is 1. The molecule has 2 heterocycles. The molecule has 6 heteroatoms. The number of thiazole rings is 1. The lowest BCUT2D eigenvalue weighted by Crippen LogP contribution is -2.23. The van der Waals surface area contributed by atoms with Gasteiger partial charge in [0.2, 0.25) is 4.96 Å². The minimum atomic E-state index is -0.365. The molecule has 0 fully saturated rings. The summed E-state index contributed by atoms with van der Waals surface area (Å²) in [6, 6.07) is 14.4. The molecule has 0 atom stereocenters. The topological polar surface area (TPSA) is 47.3 Å². The summed E-state index contributed by atoms with van der Waals surface area (Å²) in [6.07, 6.45) is 1.54. The second-order valence-electron chi connectivity index (χ2n) is 7.39. The smallest absolute Gasteiger partial charge is 0.266 e. The number of hydrogen-bond acceptors (Lipinski definition) is 4. The van der Waals surface area contributed by atoms with Gasteiger partial charge in [-0.3, -0.25) is 4.79 Å². The van der Waals surface area contributed by atoms with Crippen LogP contribution in [-0.2, 0) is 5.41 Å². The van der Waals surface area contributed by atoms with Crippen LogP contribution >= 0.6 is 11.3 Å². The van der Waals surface area contributed by atoms with Crippen molar-refractivity contribution < 1.29 is 4.39 Å². The van der Waals surface area contributed by atoms with Gasteiger partial charge >= 0.3 is 0 Å². The Morgan fingerprint density at radius 3 is 2.41 bits per heavy atom. The van der Waals surface area contributed by atoms with Crippen LogP contribution in [0.1, 0.15) is 31.9 Å². The molecule has 4 rings (SSSR count). The van der Waals surface area contributed by atoms with E-state index in [1.165, 1.54) is 33.6 Å². The van der Waals surface area contributed by atoms with E-state index in [2.05, 4.69) is 43.0 Å². The summed E-state index contributed by atoms with van der Waals surface area (Å²) in [7, 11) is 0. The Hall–Kier alpha value is -2.86. The first-order valence-electron chi connectivity index (χ1n) is 8.60. The van der Waals surface area contributed by atoms with Gasteiger partial charge in [-0.05, 0) is 23.1 Å². The van der Waals surface area contributed by atoms with E-state index >= 15 is 0 Å². The van der Waals surface area contributed by atoms with Crippen LogP contribution in [-0.4, -0.2) is 14.6 Å². The Balaban J connectivity index is 1.75. The van der Waals surface area contributed by atoms with E-state index in [-0.39, 0.29) is 16.8 Å². The highest BCUT2D eigenvalue weighted by atomic mass is 32.1. The number of benzene rings is 2. The second kappa shape index (κ2) is 6.39. The van der Waals surface area contributed by atoms with Crippen molar-refractivity contribution in [1.29, 1.82) is 0 Å². The van der Waals surface area contributed by atoms with Gasteiger partial charge in [0.15, 0.2) is 5.82 Å². The first kappa shape index (κ1) is 17.5. The lowest BCUT2D eigenvalue weighted by atomic mass is 9.87. The molecule has 136 valence electrons. The number of hydrogen-bond donors (Lipinski definition) is 0. The van der Waals surface area contributed by atoms with Gasteiger partial charge in [-0.2, -0.15) is 9.50 Å². The molecule has 2 aromatic heterocycles. The maximum atomic E-state index is 13.8. The van der Waals surface area contributed by atoms with Crippen LogP contribution in [0, 0.1) is 5.82 Å². The van der Waals surface area contributed by atoms with Gasteiger partial charge < -0.3 is 0 Å².